The Kier molecular flexibility index (Phi) is 5.15. The summed E-state index contributed by atoms with van der Waals surface area (Å²) in [5.74, 6) is 0.0417. The highest BCUT2D eigenvalue weighted by atomic mass is 32.1. The first-order valence-corrected chi connectivity index (χ1v) is 10.5. The number of aromatic nitrogens is 1. The quantitative estimate of drug-likeness (QED) is 0.678. The molecule has 1 amide bonds. The van der Waals surface area contributed by atoms with Gasteiger partial charge in [-0.05, 0) is 49.9 Å². The maximum absolute atomic E-state index is 12.6. The van der Waals surface area contributed by atoms with E-state index in [0.717, 1.165) is 41.3 Å². The number of nitrogens with zero attached hydrogens (tertiary/aromatic N) is 2. The molecule has 1 saturated heterocycles. The lowest BCUT2D eigenvalue weighted by Gasteiger charge is -2.22. The average Bonchev–Trinajstić information content (AvgIpc) is 3.36. The van der Waals surface area contributed by atoms with E-state index in [-0.39, 0.29) is 5.91 Å². The maximum atomic E-state index is 12.6. The van der Waals surface area contributed by atoms with Crippen molar-refractivity contribution in [2.75, 3.05) is 18.4 Å². The van der Waals surface area contributed by atoms with Crippen LogP contribution in [0.25, 0.3) is 11.3 Å². The number of hydrogen-bond acceptors (Lipinski definition) is 5. The molecule has 2 aromatic heterocycles. The van der Waals surface area contributed by atoms with Crippen LogP contribution in [0.1, 0.15) is 28.8 Å². The number of carbonyl (C=O) groups is 1. The molecule has 26 heavy (non-hydrogen) atoms. The molecule has 1 atom stereocenters. The Balaban J connectivity index is 1.42. The first-order chi connectivity index (χ1) is 12.7. The number of likely N-dealkylation sites (tertiary alicyclic amines) is 1. The Labute approximate surface area is 161 Å². The van der Waals surface area contributed by atoms with Crippen molar-refractivity contribution in [3.05, 3.63) is 57.0 Å². The van der Waals surface area contributed by atoms with Crippen molar-refractivity contribution in [2.24, 2.45) is 0 Å². The molecule has 0 radical (unpaired) electrons. The molecule has 3 heterocycles. The van der Waals surface area contributed by atoms with E-state index >= 15 is 0 Å². The van der Waals surface area contributed by atoms with E-state index in [2.05, 4.69) is 32.7 Å². The number of aryl methyl sites for hydroxylation is 1. The molecule has 6 heteroatoms. The maximum Gasteiger partial charge on any atom is 0.238 e. The smallest absolute Gasteiger partial charge is 0.238 e. The Morgan fingerprint density at radius 3 is 3.00 bits per heavy atom. The van der Waals surface area contributed by atoms with E-state index in [9.17, 15) is 4.79 Å². The van der Waals surface area contributed by atoms with E-state index in [1.807, 2.05) is 36.6 Å². The SMILES string of the molecule is Cc1nc(-c2cccc(NC(=O)CN3CCCC3c3cccs3)c2)cs1. The minimum Gasteiger partial charge on any atom is -0.325 e. The van der Waals surface area contributed by atoms with Gasteiger partial charge in [-0.15, -0.1) is 22.7 Å². The van der Waals surface area contributed by atoms with Gasteiger partial charge >= 0.3 is 0 Å². The van der Waals surface area contributed by atoms with Gasteiger partial charge in [0.15, 0.2) is 0 Å². The van der Waals surface area contributed by atoms with Gasteiger partial charge < -0.3 is 5.32 Å². The van der Waals surface area contributed by atoms with Crippen molar-refractivity contribution in [3.63, 3.8) is 0 Å². The summed E-state index contributed by atoms with van der Waals surface area (Å²) in [4.78, 5) is 20.7. The molecule has 134 valence electrons. The second kappa shape index (κ2) is 7.70. The second-order valence-corrected chi connectivity index (χ2v) is 8.57. The van der Waals surface area contributed by atoms with Crippen LogP contribution < -0.4 is 5.32 Å². The highest BCUT2D eigenvalue weighted by molar-refractivity contribution is 7.10. The van der Waals surface area contributed by atoms with Crippen molar-refractivity contribution >= 4 is 34.3 Å². The number of hydrogen-bond donors (Lipinski definition) is 1. The van der Waals surface area contributed by atoms with E-state index in [1.165, 1.54) is 4.88 Å². The molecule has 1 unspecified atom stereocenters. The van der Waals surface area contributed by atoms with Crippen LogP contribution >= 0.6 is 22.7 Å². The van der Waals surface area contributed by atoms with Gasteiger partial charge in [0.05, 0.1) is 17.2 Å². The van der Waals surface area contributed by atoms with Gasteiger partial charge in [-0.25, -0.2) is 4.98 Å². The molecule has 0 aliphatic carbocycles. The number of carbonyl (C=O) groups excluding carboxylic acids is 1. The summed E-state index contributed by atoms with van der Waals surface area (Å²) in [6.07, 6.45) is 2.28. The van der Waals surface area contributed by atoms with E-state index in [0.29, 0.717) is 12.6 Å². The van der Waals surface area contributed by atoms with Crippen LogP contribution in [-0.4, -0.2) is 28.9 Å². The van der Waals surface area contributed by atoms with Gasteiger partial charge in [-0.2, -0.15) is 0 Å². The number of thiazole rings is 1. The molecule has 1 N–H and O–H groups in total. The lowest BCUT2D eigenvalue weighted by atomic mass is 10.1. The van der Waals surface area contributed by atoms with Gasteiger partial charge in [-0.1, -0.05) is 18.2 Å². The number of benzene rings is 1. The highest BCUT2D eigenvalue weighted by Gasteiger charge is 2.28. The Hall–Kier alpha value is -2.02. The second-order valence-electron chi connectivity index (χ2n) is 6.52. The molecule has 1 aliphatic heterocycles. The molecule has 0 saturated carbocycles. The molecule has 1 aromatic carbocycles. The van der Waals surface area contributed by atoms with Crippen LogP contribution in [-0.2, 0) is 4.79 Å². The van der Waals surface area contributed by atoms with Gasteiger partial charge in [0.25, 0.3) is 0 Å². The van der Waals surface area contributed by atoms with Crippen molar-refractivity contribution in [3.8, 4) is 11.3 Å². The monoisotopic (exact) mass is 383 g/mol. The lowest BCUT2D eigenvalue weighted by Crippen LogP contribution is -2.32. The summed E-state index contributed by atoms with van der Waals surface area (Å²) in [5, 5.41) is 8.25. The summed E-state index contributed by atoms with van der Waals surface area (Å²) >= 11 is 3.41. The molecule has 0 spiro atoms. The topological polar surface area (TPSA) is 45.2 Å². The molecule has 3 aromatic rings. The normalized spacial score (nSPS) is 17.5. The number of thiophene rings is 1. The fourth-order valence-corrected chi connectivity index (χ4v) is 4.97. The van der Waals surface area contributed by atoms with E-state index in [1.54, 1.807) is 22.7 Å². The zero-order chi connectivity index (χ0) is 17.9. The lowest BCUT2D eigenvalue weighted by molar-refractivity contribution is -0.117. The van der Waals surface area contributed by atoms with Gasteiger partial charge in [0.1, 0.15) is 0 Å². The average molecular weight is 384 g/mol. The summed E-state index contributed by atoms with van der Waals surface area (Å²) < 4.78 is 0. The van der Waals surface area contributed by atoms with Gasteiger partial charge in [0, 0.05) is 27.5 Å². The summed E-state index contributed by atoms with van der Waals surface area (Å²) in [6.45, 7) is 3.41. The Morgan fingerprint density at radius 1 is 1.31 bits per heavy atom. The van der Waals surface area contributed by atoms with Crippen molar-refractivity contribution in [1.29, 1.82) is 0 Å². The number of nitrogens with one attached hydrogen (secondary N) is 1. The van der Waals surface area contributed by atoms with Crippen LogP contribution in [0.2, 0.25) is 0 Å². The zero-order valence-electron chi connectivity index (χ0n) is 14.6. The third kappa shape index (κ3) is 3.87. The van der Waals surface area contributed by atoms with Gasteiger partial charge in [-0.3, -0.25) is 9.69 Å². The molecule has 4 nitrogen and oxygen atoms in total. The molecule has 4 rings (SSSR count). The minimum atomic E-state index is 0.0417. The van der Waals surface area contributed by atoms with E-state index < -0.39 is 0 Å². The predicted molar refractivity (Wildman–Crippen MR) is 109 cm³/mol. The minimum absolute atomic E-state index is 0.0417. The molecular formula is C20H21N3OS2. The highest BCUT2D eigenvalue weighted by Crippen LogP contribution is 2.34. The predicted octanol–water partition coefficient (Wildman–Crippen LogP) is 4.96. The van der Waals surface area contributed by atoms with Crippen molar-refractivity contribution < 1.29 is 4.79 Å². The van der Waals surface area contributed by atoms with Crippen LogP contribution in [0.4, 0.5) is 5.69 Å². The van der Waals surface area contributed by atoms with Crippen LogP contribution in [0.3, 0.4) is 0 Å². The van der Waals surface area contributed by atoms with Crippen molar-refractivity contribution in [1.82, 2.24) is 9.88 Å². The van der Waals surface area contributed by atoms with Crippen LogP contribution in [0, 0.1) is 6.92 Å². The Morgan fingerprint density at radius 2 is 2.23 bits per heavy atom. The Bertz CT molecular complexity index is 888. The number of rotatable bonds is 5. The zero-order valence-corrected chi connectivity index (χ0v) is 16.3. The van der Waals surface area contributed by atoms with Crippen LogP contribution in [0.5, 0.6) is 0 Å². The largest absolute Gasteiger partial charge is 0.325 e. The molecule has 0 bridgehead atoms. The first kappa shape index (κ1) is 17.4. The molecular weight excluding hydrogens is 362 g/mol. The summed E-state index contributed by atoms with van der Waals surface area (Å²) in [7, 11) is 0. The van der Waals surface area contributed by atoms with Crippen molar-refractivity contribution in [2.45, 2.75) is 25.8 Å². The molecule has 1 aliphatic rings. The fourth-order valence-electron chi connectivity index (χ4n) is 3.46. The van der Waals surface area contributed by atoms with Gasteiger partial charge in [0.2, 0.25) is 5.91 Å². The molecule has 1 fully saturated rings. The number of amides is 1. The number of anilines is 1. The first-order valence-electron chi connectivity index (χ1n) is 8.79. The van der Waals surface area contributed by atoms with E-state index in [4.69, 9.17) is 0 Å². The third-order valence-electron chi connectivity index (χ3n) is 4.64. The van der Waals surface area contributed by atoms with Crippen LogP contribution in [0.15, 0.2) is 47.2 Å². The fraction of sp³-hybridized carbons (Fsp3) is 0.300. The standard InChI is InChI=1S/C20H21N3OS2/c1-14-21-17(13-26-14)15-5-2-6-16(11-15)22-20(24)12-23-9-3-7-18(23)19-8-4-10-25-19/h2,4-6,8,10-11,13,18H,3,7,9,12H2,1H3,(H,22,24). The summed E-state index contributed by atoms with van der Waals surface area (Å²) in [6, 6.07) is 12.5. The summed E-state index contributed by atoms with van der Waals surface area (Å²) in [5.41, 5.74) is 2.82. The third-order valence-corrected chi connectivity index (χ3v) is 6.39.